The molecule has 0 aliphatic rings. The van der Waals surface area contributed by atoms with Crippen molar-refractivity contribution in [1.82, 2.24) is 4.57 Å². The van der Waals surface area contributed by atoms with Gasteiger partial charge in [-0.25, -0.2) is 9.36 Å². The number of nitriles is 1. The third kappa shape index (κ3) is 4.21. The summed E-state index contributed by atoms with van der Waals surface area (Å²) >= 11 is 0. The third-order valence-electron chi connectivity index (χ3n) is 4.41. The highest BCUT2D eigenvalue weighted by atomic mass is 31.2. The van der Waals surface area contributed by atoms with Gasteiger partial charge in [-0.2, -0.15) is 5.26 Å². The lowest BCUT2D eigenvalue weighted by Crippen LogP contribution is -2.27. The second-order valence-corrected chi connectivity index (χ2v) is 11.5. The molecule has 2 aromatic carbocycles. The van der Waals surface area contributed by atoms with Crippen LogP contribution in [0, 0.1) is 11.3 Å². The fourth-order valence-electron chi connectivity index (χ4n) is 3.17. The van der Waals surface area contributed by atoms with E-state index in [1.807, 2.05) is 6.07 Å². The van der Waals surface area contributed by atoms with Crippen LogP contribution in [0.2, 0.25) is 0 Å². The van der Waals surface area contributed by atoms with Crippen LogP contribution in [0.1, 0.15) is 26.3 Å². The van der Waals surface area contributed by atoms with Gasteiger partial charge in [0, 0.05) is 16.4 Å². The van der Waals surface area contributed by atoms with Gasteiger partial charge >= 0.3 is 6.09 Å². The number of hydrogen-bond acceptors (Lipinski definition) is 5. The van der Waals surface area contributed by atoms with Gasteiger partial charge in [-0.1, -0.05) is 6.07 Å². The summed E-state index contributed by atoms with van der Waals surface area (Å²) in [6.45, 7) is 8.72. The monoisotopic (exact) mass is 409 g/mol. The SMILES string of the molecule is CC(C)(C)OC(=O)n1c(-c2ccc(N)c(P(C)(C)=O)c2)cc2cc(C#N)ccc21. The molecule has 7 heteroatoms. The van der Waals surface area contributed by atoms with Crippen molar-refractivity contribution in [2.45, 2.75) is 26.4 Å². The van der Waals surface area contributed by atoms with Gasteiger partial charge in [0.15, 0.2) is 0 Å². The summed E-state index contributed by atoms with van der Waals surface area (Å²) in [7, 11) is -2.62. The smallest absolute Gasteiger partial charge is 0.419 e. The average Bonchev–Trinajstić information content (AvgIpc) is 2.98. The van der Waals surface area contributed by atoms with Gasteiger partial charge in [0.2, 0.25) is 0 Å². The predicted molar refractivity (Wildman–Crippen MR) is 117 cm³/mol. The Labute approximate surface area is 170 Å². The summed E-state index contributed by atoms with van der Waals surface area (Å²) in [5, 5.41) is 10.5. The van der Waals surface area contributed by atoms with Crippen LogP contribution >= 0.6 is 7.14 Å². The van der Waals surface area contributed by atoms with Gasteiger partial charge in [0.1, 0.15) is 12.7 Å². The number of nitrogen functional groups attached to an aromatic ring is 1. The van der Waals surface area contributed by atoms with E-state index < -0.39 is 18.8 Å². The molecule has 3 aromatic rings. The first-order valence-corrected chi connectivity index (χ1v) is 11.8. The molecule has 0 unspecified atom stereocenters. The number of aromatic nitrogens is 1. The Balaban J connectivity index is 2.30. The predicted octanol–water partition coefficient (Wildman–Crippen LogP) is 4.79. The van der Waals surface area contributed by atoms with Gasteiger partial charge in [0.05, 0.1) is 22.8 Å². The van der Waals surface area contributed by atoms with Crippen LogP contribution in [0.15, 0.2) is 42.5 Å². The first kappa shape index (κ1) is 20.7. The van der Waals surface area contributed by atoms with Gasteiger partial charge in [-0.3, -0.25) is 0 Å². The van der Waals surface area contributed by atoms with Crippen molar-refractivity contribution >= 4 is 35.1 Å². The first-order valence-electron chi connectivity index (χ1n) is 9.15. The number of anilines is 1. The molecule has 0 fully saturated rings. The molecule has 150 valence electrons. The summed E-state index contributed by atoms with van der Waals surface area (Å²) < 4.78 is 19.8. The van der Waals surface area contributed by atoms with Gasteiger partial charge in [-0.05, 0) is 76.1 Å². The van der Waals surface area contributed by atoms with Crippen molar-refractivity contribution in [3.05, 3.63) is 48.0 Å². The van der Waals surface area contributed by atoms with E-state index in [1.54, 1.807) is 70.5 Å². The molecule has 0 atom stereocenters. The summed E-state index contributed by atoms with van der Waals surface area (Å²) in [5.74, 6) is 0. The summed E-state index contributed by atoms with van der Waals surface area (Å²) in [6, 6.07) is 14.3. The second-order valence-electron chi connectivity index (χ2n) is 8.36. The zero-order valence-electron chi connectivity index (χ0n) is 17.2. The maximum Gasteiger partial charge on any atom is 0.419 e. The minimum atomic E-state index is -2.62. The molecule has 0 saturated heterocycles. The van der Waals surface area contributed by atoms with Crippen LogP contribution in [-0.4, -0.2) is 29.6 Å². The van der Waals surface area contributed by atoms with Crippen molar-refractivity contribution in [2.75, 3.05) is 19.1 Å². The molecule has 29 heavy (non-hydrogen) atoms. The van der Waals surface area contributed by atoms with Gasteiger partial charge in [-0.15, -0.1) is 0 Å². The molecule has 0 saturated carbocycles. The Morgan fingerprint density at radius 2 is 1.83 bits per heavy atom. The third-order valence-corrected chi connectivity index (χ3v) is 5.96. The molecule has 0 spiro atoms. The van der Waals surface area contributed by atoms with E-state index >= 15 is 0 Å². The second kappa shape index (κ2) is 7.09. The van der Waals surface area contributed by atoms with Crippen molar-refractivity contribution in [3.8, 4) is 17.3 Å². The molecule has 3 rings (SSSR count). The highest BCUT2D eigenvalue weighted by Crippen LogP contribution is 2.39. The zero-order valence-corrected chi connectivity index (χ0v) is 18.1. The number of rotatable bonds is 2. The van der Waals surface area contributed by atoms with Crippen LogP contribution in [0.4, 0.5) is 10.5 Å². The van der Waals surface area contributed by atoms with Crippen molar-refractivity contribution in [2.24, 2.45) is 0 Å². The molecule has 0 radical (unpaired) electrons. The zero-order chi connectivity index (χ0) is 21.6. The summed E-state index contributed by atoms with van der Waals surface area (Å²) in [5.41, 5.74) is 8.22. The number of nitrogens with zero attached hydrogens (tertiary/aromatic N) is 2. The number of nitrogens with two attached hydrogens (primary N) is 1. The van der Waals surface area contributed by atoms with E-state index in [2.05, 4.69) is 6.07 Å². The van der Waals surface area contributed by atoms with E-state index in [0.717, 1.165) is 5.39 Å². The molecule has 0 amide bonds. The normalized spacial score (nSPS) is 12.0. The van der Waals surface area contributed by atoms with E-state index in [0.29, 0.717) is 33.3 Å². The molecular weight excluding hydrogens is 385 g/mol. The number of ether oxygens (including phenoxy) is 1. The highest BCUT2D eigenvalue weighted by Gasteiger charge is 2.24. The fourth-order valence-corrected chi connectivity index (χ4v) is 4.32. The largest absolute Gasteiger partial charge is 0.443 e. The minimum absolute atomic E-state index is 0.453. The van der Waals surface area contributed by atoms with E-state index in [4.69, 9.17) is 10.5 Å². The molecule has 0 bridgehead atoms. The maximum atomic E-state index is 13.0. The molecule has 6 nitrogen and oxygen atoms in total. The van der Waals surface area contributed by atoms with Gasteiger partial charge < -0.3 is 15.0 Å². The molecule has 2 N–H and O–H groups in total. The Bertz CT molecular complexity index is 1210. The Hall–Kier alpha value is -3.03. The Kier molecular flexibility index (Phi) is 5.06. The lowest BCUT2D eigenvalue weighted by atomic mass is 10.1. The minimum Gasteiger partial charge on any atom is -0.443 e. The maximum absolute atomic E-state index is 13.0. The Morgan fingerprint density at radius 3 is 2.41 bits per heavy atom. The number of fused-ring (bicyclic) bond motifs is 1. The van der Waals surface area contributed by atoms with Crippen LogP contribution in [0.25, 0.3) is 22.2 Å². The summed E-state index contributed by atoms with van der Waals surface area (Å²) in [6.07, 6.45) is -0.526. The molecule has 0 aliphatic carbocycles. The fraction of sp³-hybridized carbons (Fsp3) is 0.273. The number of carbonyl (C=O) groups is 1. The lowest BCUT2D eigenvalue weighted by Gasteiger charge is -2.21. The molecule has 0 aliphatic heterocycles. The molecule has 1 heterocycles. The average molecular weight is 409 g/mol. The van der Waals surface area contributed by atoms with Crippen molar-refractivity contribution in [3.63, 3.8) is 0 Å². The van der Waals surface area contributed by atoms with Crippen LogP contribution in [0.5, 0.6) is 0 Å². The van der Waals surface area contributed by atoms with Crippen LogP contribution < -0.4 is 11.0 Å². The molecule has 1 aromatic heterocycles. The van der Waals surface area contributed by atoms with Gasteiger partial charge in [0.25, 0.3) is 0 Å². The quantitative estimate of drug-likeness (QED) is 0.485. The van der Waals surface area contributed by atoms with Crippen LogP contribution in [-0.2, 0) is 9.30 Å². The van der Waals surface area contributed by atoms with Crippen molar-refractivity contribution in [1.29, 1.82) is 5.26 Å². The first-order chi connectivity index (χ1) is 13.4. The van der Waals surface area contributed by atoms with E-state index in [1.165, 1.54) is 4.57 Å². The van der Waals surface area contributed by atoms with Crippen molar-refractivity contribution < 1.29 is 14.1 Å². The topological polar surface area (TPSA) is 98.1 Å². The van der Waals surface area contributed by atoms with Crippen LogP contribution in [0.3, 0.4) is 0 Å². The Morgan fingerprint density at radius 1 is 1.14 bits per heavy atom. The van der Waals surface area contributed by atoms with E-state index in [9.17, 15) is 14.6 Å². The number of benzene rings is 2. The summed E-state index contributed by atoms with van der Waals surface area (Å²) in [4.78, 5) is 13.0. The lowest BCUT2D eigenvalue weighted by molar-refractivity contribution is 0.0547. The standard InChI is InChI=1S/C22H24N3O3P/c1-22(2,3)28-21(26)25-18-9-6-14(13-23)10-16(18)11-19(25)15-7-8-17(24)20(12-15)29(4,5)27/h6-12H,24H2,1-5H3. The van der Waals surface area contributed by atoms with E-state index in [-0.39, 0.29) is 0 Å². The number of hydrogen-bond donors (Lipinski definition) is 1. The highest BCUT2D eigenvalue weighted by molar-refractivity contribution is 7.70. The molecular formula is C22H24N3O3P. The number of carbonyl (C=O) groups excluding carboxylic acids is 1.